The van der Waals surface area contributed by atoms with Gasteiger partial charge in [-0.3, -0.25) is 14.4 Å². The van der Waals surface area contributed by atoms with Crippen LogP contribution in [0.15, 0.2) is 48.5 Å². The van der Waals surface area contributed by atoms with E-state index < -0.39 is 6.04 Å². The zero-order chi connectivity index (χ0) is 24.7. The molecule has 1 fully saturated rings. The number of benzene rings is 2. The van der Waals surface area contributed by atoms with Crippen LogP contribution in [0, 0.1) is 18.8 Å². The van der Waals surface area contributed by atoms with E-state index in [1.54, 1.807) is 30.2 Å². The fourth-order valence-electron chi connectivity index (χ4n) is 4.29. The van der Waals surface area contributed by atoms with E-state index in [-0.39, 0.29) is 23.6 Å². The second-order valence-electron chi connectivity index (χ2n) is 9.23. The number of carbonyl (C=O) groups is 3. The Labute approximate surface area is 201 Å². The lowest BCUT2D eigenvalue weighted by molar-refractivity contribution is -0.124. The molecule has 2 N–H and O–H groups in total. The van der Waals surface area contributed by atoms with Gasteiger partial charge in [-0.25, -0.2) is 0 Å². The maximum Gasteiger partial charge on any atom is 0.257 e. The molecule has 1 saturated heterocycles. The van der Waals surface area contributed by atoms with Gasteiger partial charge in [0.05, 0.1) is 12.7 Å². The summed E-state index contributed by atoms with van der Waals surface area (Å²) in [5, 5.41) is 5.96. The maximum atomic E-state index is 13.1. The van der Waals surface area contributed by atoms with Gasteiger partial charge in [-0.2, -0.15) is 0 Å². The third-order valence-corrected chi connectivity index (χ3v) is 6.28. The van der Waals surface area contributed by atoms with Crippen LogP contribution in [0.4, 0.5) is 0 Å². The third-order valence-electron chi connectivity index (χ3n) is 6.28. The van der Waals surface area contributed by atoms with Gasteiger partial charge in [0.2, 0.25) is 5.91 Å². The first kappa shape index (κ1) is 25.3. The number of nitrogens with one attached hydrogen (secondary N) is 2. The van der Waals surface area contributed by atoms with Gasteiger partial charge >= 0.3 is 0 Å². The number of methoxy groups -OCH3 is 1. The number of hydrogen-bond donors (Lipinski definition) is 2. The molecule has 1 atom stereocenters. The minimum atomic E-state index is -0.658. The van der Waals surface area contributed by atoms with Gasteiger partial charge in [0.1, 0.15) is 11.8 Å². The van der Waals surface area contributed by atoms with E-state index in [9.17, 15) is 14.4 Å². The largest absolute Gasteiger partial charge is 0.496 e. The second kappa shape index (κ2) is 11.7. The molecule has 182 valence electrons. The van der Waals surface area contributed by atoms with Crippen LogP contribution in [-0.2, 0) is 4.79 Å². The SMILES string of the molecule is COc1ccccc1C(=O)N1CCC([C@@H](NC(=O)c2ccccc2C)C(=O)NCC(C)C)CC1. The topological polar surface area (TPSA) is 87.7 Å². The van der Waals surface area contributed by atoms with E-state index in [4.69, 9.17) is 4.74 Å². The van der Waals surface area contributed by atoms with Gasteiger partial charge in [-0.05, 0) is 55.4 Å². The molecular weight excluding hydrogens is 430 g/mol. The molecule has 3 rings (SSSR count). The van der Waals surface area contributed by atoms with Crippen LogP contribution >= 0.6 is 0 Å². The molecule has 0 bridgehead atoms. The molecule has 7 heteroatoms. The van der Waals surface area contributed by atoms with Crippen LogP contribution in [0.5, 0.6) is 5.75 Å². The number of amides is 3. The van der Waals surface area contributed by atoms with Crippen LogP contribution in [0.25, 0.3) is 0 Å². The van der Waals surface area contributed by atoms with E-state index >= 15 is 0 Å². The van der Waals surface area contributed by atoms with Crippen molar-refractivity contribution in [1.82, 2.24) is 15.5 Å². The minimum Gasteiger partial charge on any atom is -0.496 e. The second-order valence-corrected chi connectivity index (χ2v) is 9.23. The number of nitrogens with zero attached hydrogens (tertiary/aromatic N) is 1. The van der Waals surface area contributed by atoms with E-state index in [1.165, 1.54) is 0 Å². The summed E-state index contributed by atoms with van der Waals surface area (Å²) in [6.45, 7) is 7.50. The van der Waals surface area contributed by atoms with E-state index in [0.717, 1.165) is 5.56 Å². The molecule has 0 aromatic heterocycles. The third kappa shape index (κ3) is 6.16. The van der Waals surface area contributed by atoms with Gasteiger partial charge in [0.25, 0.3) is 11.8 Å². The Morgan fingerprint density at radius 2 is 1.62 bits per heavy atom. The molecule has 7 nitrogen and oxygen atoms in total. The summed E-state index contributed by atoms with van der Waals surface area (Å²) in [4.78, 5) is 41.0. The van der Waals surface area contributed by atoms with Gasteiger partial charge < -0.3 is 20.3 Å². The number of para-hydroxylation sites is 1. The van der Waals surface area contributed by atoms with Gasteiger partial charge in [0.15, 0.2) is 0 Å². The van der Waals surface area contributed by atoms with Crippen molar-refractivity contribution < 1.29 is 19.1 Å². The summed E-state index contributed by atoms with van der Waals surface area (Å²) in [6, 6.07) is 13.9. The lowest BCUT2D eigenvalue weighted by Gasteiger charge is -2.36. The van der Waals surface area contributed by atoms with Gasteiger partial charge in [-0.1, -0.05) is 44.2 Å². The Balaban J connectivity index is 1.71. The van der Waals surface area contributed by atoms with Crippen LogP contribution in [-0.4, -0.2) is 55.4 Å². The van der Waals surface area contributed by atoms with Crippen molar-refractivity contribution in [1.29, 1.82) is 0 Å². The molecule has 0 saturated carbocycles. The van der Waals surface area contributed by atoms with Crippen LogP contribution in [0.1, 0.15) is 53.0 Å². The Morgan fingerprint density at radius 3 is 2.24 bits per heavy atom. The molecule has 0 radical (unpaired) electrons. The van der Waals surface area contributed by atoms with E-state index in [0.29, 0.717) is 55.3 Å². The molecule has 1 aliphatic heterocycles. The first-order valence-corrected chi connectivity index (χ1v) is 11.9. The first-order chi connectivity index (χ1) is 16.3. The Kier molecular flexibility index (Phi) is 8.68. The zero-order valence-corrected chi connectivity index (χ0v) is 20.5. The lowest BCUT2D eigenvalue weighted by Crippen LogP contribution is -2.54. The molecule has 34 heavy (non-hydrogen) atoms. The van der Waals surface area contributed by atoms with E-state index in [1.807, 2.05) is 51.1 Å². The minimum absolute atomic E-state index is 0.0677. The summed E-state index contributed by atoms with van der Waals surface area (Å²) in [5.74, 6) is 0.269. The fourth-order valence-corrected chi connectivity index (χ4v) is 4.29. The summed E-state index contributed by atoms with van der Waals surface area (Å²) in [5.41, 5.74) is 1.95. The smallest absolute Gasteiger partial charge is 0.257 e. The molecule has 1 aliphatic rings. The standard InChI is InChI=1S/C27H35N3O4/c1-18(2)17-28-26(32)24(29-25(31)21-10-6-5-9-19(21)3)20-13-15-30(16-14-20)27(33)22-11-7-8-12-23(22)34-4/h5-12,18,20,24H,13-17H2,1-4H3,(H,28,32)(H,29,31)/t24-/m1/s1. The van der Waals surface area contributed by atoms with Gasteiger partial charge in [-0.15, -0.1) is 0 Å². The predicted molar refractivity (Wildman–Crippen MR) is 132 cm³/mol. The predicted octanol–water partition coefficient (Wildman–Crippen LogP) is 3.43. The highest BCUT2D eigenvalue weighted by Gasteiger charge is 2.34. The molecule has 2 aromatic rings. The van der Waals surface area contributed by atoms with Crippen LogP contribution in [0.3, 0.4) is 0 Å². The number of hydrogen-bond acceptors (Lipinski definition) is 4. The zero-order valence-electron chi connectivity index (χ0n) is 20.5. The molecule has 0 unspecified atom stereocenters. The molecular formula is C27H35N3O4. The summed E-state index contributed by atoms with van der Waals surface area (Å²) >= 11 is 0. The summed E-state index contributed by atoms with van der Waals surface area (Å²) in [7, 11) is 1.55. The van der Waals surface area contributed by atoms with Crippen molar-refractivity contribution in [3.8, 4) is 5.75 Å². The van der Waals surface area contributed by atoms with Crippen LogP contribution < -0.4 is 15.4 Å². The highest BCUT2D eigenvalue weighted by Crippen LogP contribution is 2.26. The molecule has 1 heterocycles. The number of likely N-dealkylation sites (tertiary alicyclic amines) is 1. The van der Waals surface area contributed by atoms with E-state index in [2.05, 4.69) is 10.6 Å². The average Bonchev–Trinajstić information content (AvgIpc) is 2.85. The quantitative estimate of drug-likeness (QED) is 0.625. The average molecular weight is 466 g/mol. The van der Waals surface area contributed by atoms with Crippen molar-refractivity contribution >= 4 is 17.7 Å². The van der Waals surface area contributed by atoms with Crippen LogP contribution in [0.2, 0.25) is 0 Å². The molecule has 2 aromatic carbocycles. The number of piperidine rings is 1. The van der Waals surface area contributed by atoms with Crippen molar-refractivity contribution in [2.45, 2.75) is 39.7 Å². The summed E-state index contributed by atoms with van der Waals surface area (Å²) < 4.78 is 5.34. The maximum absolute atomic E-state index is 13.1. The molecule has 3 amide bonds. The first-order valence-electron chi connectivity index (χ1n) is 11.9. The Hall–Kier alpha value is -3.35. The highest BCUT2D eigenvalue weighted by atomic mass is 16.5. The van der Waals surface area contributed by atoms with Crippen molar-refractivity contribution in [2.75, 3.05) is 26.7 Å². The molecule has 0 aliphatic carbocycles. The van der Waals surface area contributed by atoms with Crippen molar-refractivity contribution in [3.63, 3.8) is 0 Å². The number of carbonyl (C=O) groups excluding carboxylic acids is 3. The van der Waals surface area contributed by atoms with Gasteiger partial charge in [0, 0.05) is 25.2 Å². The number of aryl methyl sites for hydroxylation is 1. The number of ether oxygens (including phenoxy) is 1. The monoisotopic (exact) mass is 465 g/mol. The Bertz CT molecular complexity index is 1010. The van der Waals surface area contributed by atoms with Crippen molar-refractivity contribution in [2.24, 2.45) is 11.8 Å². The highest BCUT2D eigenvalue weighted by molar-refractivity contribution is 5.99. The Morgan fingerprint density at radius 1 is 1.00 bits per heavy atom. The number of rotatable bonds is 8. The summed E-state index contributed by atoms with van der Waals surface area (Å²) in [6.07, 6.45) is 1.24. The lowest BCUT2D eigenvalue weighted by atomic mass is 9.88. The fraction of sp³-hybridized carbons (Fsp3) is 0.444. The molecule has 0 spiro atoms. The van der Waals surface area contributed by atoms with Crippen molar-refractivity contribution in [3.05, 3.63) is 65.2 Å². The normalized spacial score (nSPS) is 15.0.